The number of esters is 1. The number of amides is 2. The third-order valence-electron chi connectivity index (χ3n) is 14.2. The molecular weight excluding hydrogens is 1090 g/mol. The highest BCUT2D eigenvalue weighted by atomic mass is 19.1. The SMILES string of the molecule is C.C.CCCCOc1nc(N)c([N+](=O)[O-])c(N(CCCN(Cc2ccccc2)C(=O)CN2CCN(C)CC2)CC(=O)OCC)n1.CCCCOc1nc(N)c2c(n1)N(CCCN(Cc1ccccc1)C(=O)CN1CCN(C)CC1)CC(=O)C2.CF. The van der Waals surface area contributed by atoms with E-state index in [9.17, 15) is 33.7 Å². The van der Waals surface area contributed by atoms with Crippen molar-refractivity contribution in [3.05, 3.63) is 87.5 Å². The van der Waals surface area contributed by atoms with Crippen LogP contribution in [0.25, 0.3) is 0 Å². The number of halogens is 1. The minimum Gasteiger partial charge on any atom is -0.465 e. The van der Waals surface area contributed by atoms with E-state index in [1.165, 1.54) is 4.90 Å². The summed E-state index contributed by atoms with van der Waals surface area (Å²) in [6.07, 6.45) is 4.85. The molecule has 24 nitrogen and oxygen atoms in total. The number of ether oxygens (including phenoxy) is 3. The number of unbranched alkanes of at least 4 members (excludes halogenated alkanes) is 2. The number of piperazine rings is 2. The zero-order valence-corrected chi connectivity index (χ0v) is 49.6. The standard InChI is InChI=1S/C29H44N8O6.C28H41N7O3.CH3F.2CH4/c1-4-6-19-43-29-31-27(30)26(37(40)41)28(32-29)36(22-25(39)42-5-2)14-10-13-35(20-23-11-8-7-9-12-23)24(38)21-34-17-15-33(3)16-18-34;1-3-4-17-38-28-30-26(29)24-18-23(36)20-35(27(24)31-28)12-8-11-34(19-22-9-6-5-7-10-22)25(37)21-33-15-13-32(2)14-16-33;1-2;;/h7-9,11-12H,4-6,10,13-22H2,1-3H3,(H2,30,31,32);5-7,9-10H,3-4,8,11-21H2,1-2H3,(H2,29,30,31);1H3;2*1H4. The zero-order valence-electron chi connectivity index (χ0n) is 49.6. The van der Waals surface area contributed by atoms with E-state index in [1.54, 1.807) is 11.8 Å². The van der Waals surface area contributed by atoms with Crippen molar-refractivity contribution in [2.45, 2.75) is 93.7 Å². The maximum Gasteiger partial charge on any atom is 0.353 e. The summed E-state index contributed by atoms with van der Waals surface area (Å²) in [5.41, 5.74) is 14.4. The van der Waals surface area contributed by atoms with Crippen molar-refractivity contribution in [2.75, 3.05) is 167 Å². The maximum absolute atomic E-state index is 13.5. The normalized spacial score (nSPS) is 14.4. The second-order valence-corrected chi connectivity index (χ2v) is 20.7. The van der Waals surface area contributed by atoms with Crippen LogP contribution in [0.1, 0.15) is 90.8 Å². The van der Waals surface area contributed by atoms with Gasteiger partial charge in [0.2, 0.25) is 23.5 Å². The lowest BCUT2D eigenvalue weighted by atomic mass is 10.0. The van der Waals surface area contributed by atoms with Crippen LogP contribution in [0.4, 0.5) is 33.3 Å². The molecule has 0 spiro atoms. The fraction of sp³-hybridized carbons (Fsp3) is 0.600. The van der Waals surface area contributed by atoms with Gasteiger partial charge >= 0.3 is 23.7 Å². The number of aromatic nitrogens is 4. The molecule has 2 fully saturated rings. The molecule has 4 N–H and O–H groups in total. The minimum absolute atomic E-state index is 0. The number of nitro groups is 1. The van der Waals surface area contributed by atoms with Gasteiger partial charge < -0.3 is 55.1 Å². The van der Waals surface area contributed by atoms with Gasteiger partial charge in [0.05, 0.1) is 51.6 Å². The molecule has 2 amide bonds. The molecule has 3 aliphatic rings. The van der Waals surface area contributed by atoms with Gasteiger partial charge in [-0.05, 0) is 57.8 Å². The lowest BCUT2D eigenvalue weighted by Gasteiger charge is -2.34. The summed E-state index contributed by atoms with van der Waals surface area (Å²) in [5, 5.41) is 12.0. The molecule has 0 bridgehead atoms. The lowest BCUT2D eigenvalue weighted by molar-refractivity contribution is -0.383. The first-order chi connectivity index (χ1) is 40.1. The highest BCUT2D eigenvalue weighted by molar-refractivity contribution is 5.91. The van der Waals surface area contributed by atoms with E-state index < -0.39 is 16.6 Å². The van der Waals surface area contributed by atoms with Crippen LogP contribution in [0.2, 0.25) is 0 Å². The molecule has 2 aromatic carbocycles. The number of carbonyl (C=O) groups excluding carboxylic acids is 4. The number of Topliss-reactive ketones (excluding diaryl/α,β-unsaturated/α-hetero) is 1. The molecular formula is C60H96FN15O9. The fourth-order valence-electron chi connectivity index (χ4n) is 9.52. The number of anilines is 4. The number of ketones is 1. The molecule has 2 saturated heterocycles. The molecule has 2 aromatic heterocycles. The van der Waals surface area contributed by atoms with Crippen molar-refractivity contribution < 1.29 is 42.7 Å². The maximum atomic E-state index is 13.5. The highest BCUT2D eigenvalue weighted by Crippen LogP contribution is 2.33. The van der Waals surface area contributed by atoms with E-state index >= 15 is 0 Å². The Hall–Kier alpha value is -7.35. The van der Waals surface area contributed by atoms with Crippen molar-refractivity contribution in [1.29, 1.82) is 0 Å². The Kier molecular flexibility index (Phi) is 32.6. The molecule has 3 aliphatic heterocycles. The number of nitrogens with zero attached hydrogens (tertiary/aromatic N) is 13. The first-order valence-corrected chi connectivity index (χ1v) is 28.9. The minimum atomic E-state index is -0.667. The van der Waals surface area contributed by atoms with E-state index in [0.717, 1.165) is 89.2 Å². The van der Waals surface area contributed by atoms with Gasteiger partial charge in [-0.15, -0.1) is 0 Å². The summed E-state index contributed by atoms with van der Waals surface area (Å²) in [4.78, 5) is 96.5. The number of carbonyl (C=O) groups is 4. The van der Waals surface area contributed by atoms with Gasteiger partial charge in [-0.1, -0.05) is 102 Å². The Labute approximate surface area is 503 Å². The van der Waals surface area contributed by atoms with Crippen molar-refractivity contribution >= 4 is 52.5 Å². The van der Waals surface area contributed by atoms with Gasteiger partial charge in [0.15, 0.2) is 5.78 Å². The molecule has 4 aromatic rings. The Morgan fingerprint density at radius 1 is 0.671 bits per heavy atom. The van der Waals surface area contributed by atoms with E-state index in [-0.39, 0.29) is 88.8 Å². The zero-order chi connectivity index (χ0) is 60.1. The first kappa shape index (κ1) is 71.9. The molecule has 85 heavy (non-hydrogen) atoms. The number of benzene rings is 2. The third kappa shape index (κ3) is 23.9. The van der Waals surface area contributed by atoms with Gasteiger partial charge in [0.1, 0.15) is 18.2 Å². The number of alkyl halides is 1. The summed E-state index contributed by atoms with van der Waals surface area (Å²) in [6, 6.07) is 20.0. The monoisotopic (exact) mass is 1190 g/mol. The predicted octanol–water partition coefficient (Wildman–Crippen LogP) is 5.88. The molecule has 472 valence electrons. The van der Waals surface area contributed by atoms with Crippen LogP contribution in [0, 0.1) is 10.1 Å². The van der Waals surface area contributed by atoms with Crippen LogP contribution in [-0.4, -0.2) is 224 Å². The summed E-state index contributed by atoms with van der Waals surface area (Å²) in [6.45, 7) is 17.3. The van der Waals surface area contributed by atoms with Crippen LogP contribution >= 0.6 is 0 Å². The van der Waals surface area contributed by atoms with Crippen LogP contribution in [0.5, 0.6) is 12.0 Å². The van der Waals surface area contributed by atoms with Gasteiger partial charge in [-0.3, -0.25) is 43.5 Å². The van der Waals surface area contributed by atoms with Crippen molar-refractivity contribution in [1.82, 2.24) is 49.3 Å². The molecule has 0 aliphatic carbocycles. The molecule has 0 unspecified atom stereocenters. The smallest absolute Gasteiger partial charge is 0.353 e. The van der Waals surface area contributed by atoms with Gasteiger partial charge in [-0.2, -0.15) is 19.9 Å². The second-order valence-electron chi connectivity index (χ2n) is 20.7. The number of nitrogen functional groups attached to an aromatic ring is 2. The van der Waals surface area contributed by atoms with Gasteiger partial charge in [-0.25, -0.2) is 0 Å². The summed E-state index contributed by atoms with van der Waals surface area (Å²) >= 11 is 0. The number of hydrogen-bond donors (Lipinski definition) is 2. The van der Waals surface area contributed by atoms with E-state index in [2.05, 4.69) is 72.7 Å². The Bertz CT molecular complexity index is 2630. The van der Waals surface area contributed by atoms with Crippen LogP contribution in [0.15, 0.2) is 60.7 Å². The summed E-state index contributed by atoms with van der Waals surface area (Å²) in [7, 11) is 4.68. The van der Waals surface area contributed by atoms with Crippen LogP contribution in [-0.2, 0) is 43.4 Å². The Morgan fingerprint density at radius 3 is 1.64 bits per heavy atom. The summed E-state index contributed by atoms with van der Waals surface area (Å²) in [5.74, 6) is 0.115. The molecule has 25 heteroatoms. The van der Waals surface area contributed by atoms with Crippen molar-refractivity contribution in [3.8, 4) is 12.0 Å². The lowest BCUT2D eigenvalue weighted by Crippen LogP contribution is -2.49. The molecule has 0 atom stereocenters. The quantitative estimate of drug-likeness (QED) is 0.0278. The van der Waals surface area contributed by atoms with Crippen molar-refractivity contribution in [2.24, 2.45) is 0 Å². The third-order valence-corrected chi connectivity index (χ3v) is 14.2. The van der Waals surface area contributed by atoms with Gasteiger partial charge in [0, 0.05) is 104 Å². The molecule has 5 heterocycles. The summed E-state index contributed by atoms with van der Waals surface area (Å²) < 4.78 is 26.0. The molecule has 7 rings (SSSR count). The first-order valence-electron chi connectivity index (χ1n) is 28.9. The van der Waals surface area contributed by atoms with E-state index in [4.69, 9.17) is 25.7 Å². The van der Waals surface area contributed by atoms with Gasteiger partial charge in [0.25, 0.3) is 0 Å². The van der Waals surface area contributed by atoms with Crippen molar-refractivity contribution in [3.63, 3.8) is 0 Å². The highest BCUT2D eigenvalue weighted by Gasteiger charge is 2.31. The number of rotatable bonds is 29. The Morgan fingerprint density at radius 2 is 1.15 bits per heavy atom. The van der Waals surface area contributed by atoms with E-state index in [0.29, 0.717) is 96.2 Å². The molecule has 0 saturated carbocycles. The molecule has 0 radical (unpaired) electrons. The number of hydrogen-bond acceptors (Lipinski definition) is 21. The number of nitrogens with two attached hydrogens (primary N) is 2. The van der Waals surface area contributed by atoms with E-state index in [1.807, 2.05) is 65.3 Å². The average molecular weight is 1190 g/mol. The average Bonchev–Trinajstić information content (AvgIpc) is 3.63. The Balaban J connectivity index is 0.000000425. The van der Waals surface area contributed by atoms with Crippen LogP contribution < -0.4 is 30.7 Å². The largest absolute Gasteiger partial charge is 0.465 e. The fourth-order valence-corrected chi connectivity index (χ4v) is 9.52. The predicted molar refractivity (Wildman–Crippen MR) is 331 cm³/mol. The second kappa shape index (κ2) is 38.6. The van der Waals surface area contributed by atoms with Crippen LogP contribution in [0.3, 0.4) is 0 Å². The number of fused-ring (bicyclic) bond motifs is 1. The number of likely N-dealkylation sites (N-methyl/N-ethyl adjacent to an activating group) is 2. The topological polar surface area (TPSA) is 269 Å².